The number of fused-ring (bicyclic) bond motifs is 3. The second-order valence-electron chi connectivity index (χ2n) is 14.2. The normalized spacial score (nSPS) is 15.8. The van der Waals surface area contributed by atoms with Crippen molar-refractivity contribution >= 4 is 52.4 Å². The van der Waals surface area contributed by atoms with Crippen molar-refractivity contribution in [3.05, 3.63) is 89.1 Å². The molecule has 4 amide bonds. The fraction of sp³-hybridized carbons (Fsp3) is 0.341. The Morgan fingerprint density at radius 1 is 0.869 bits per heavy atom. The molecule has 0 saturated heterocycles. The van der Waals surface area contributed by atoms with Gasteiger partial charge in [-0.1, -0.05) is 48.5 Å². The van der Waals surface area contributed by atoms with Gasteiger partial charge in [-0.05, 0) is 54.2 Å². The summed E-state index contributed by atoms with van der Waals surface area (Å²) in [5.41, 5.74) is 14.6. The molecule has 3 aromatic carbocycles. The summed E-state index contributed by atoms with van der Waals surface area (Å²) in [7, 11) is 2.80. The van der Waals surface area contributed by atoms with E-state index < -0.39 is 78.7 Å². The highest BCUT2D eigenvalue weighted by atomic mass is 16.5. The number of hydrogen-bond acceptors (Lipinski definition) is 11. The Labute approximate surface area is 349 Å². The number of carboxylic acids is 2. The Morgan fingerprint density at radius 2 is 1.54 bits per heavy atom. The molecule has 20 heteroatoms. The summed E-state index contributed by atoms with van der Waals surface area (Å²) in [5.74, 6) is -6.29. The topological polar surface area (TPSA) is 322 Å². The molecule has 0 fully saturated rings. The molecule has 324 valence electrons. The fourth-order valence-corrected chi connectivity index (χ4v) is 7.03. The molecule has 0 aliphatic carbocycles. The molecule has 0 bridgehead atoms. The number of para-hydroxylation sites is 1. The van der Waals surface area contributed by atoms with Gasteiger partial charge in [0.25, 0.3) is 0 Å². The Kier molecular flexibility index (Phi) is 15.1. The number of nitrogens with one attached hydrogen (secondary N) is 6. The monoisotopic (exact) mass is 843 g/mol. The highest BCUT2D eigenvalue weighted by Gasteiger charge is 2.36. The van der Waals surface area contributed by atoms with Crippen LogP contribution in [0.15, 0.2) is 71.7 Å². The summed E-state index contributed by atoms with van der Waals surface area (Å²) in [5, 5.41) is 43.8. The lowest BCUT2D eigenvalue weighted by Gasteiger charge is -2.32. The maximum Gasteiger partial charge on any atom is 0.326 e. The quantitative estimate of drug-likeness (QED) is 0.0315. The maximum atomic E-state index is 14.2. The van der Waals surface area contributed by atoms with E-state index in [2.05, 4.69) is 36.6 Å². The van der Waals surface area contributed by atoms with Crippen LogP contribution in [-0.2, 0) is 41.6 Å². The van der Waals surface area contributed by atoms with Gasteiger partial charge in [0.05, 0.1) is 39.3 Å². The zero-order valence-electron chi connectivity index (χ0n) is 33.4. The number of guanidine groups is 1. The van der Waals surface area contributed by atoms with Crippen molar-refractivity contribution in [3.8, 4) is 17.2 Å². The first-order valence-electron chi connectivity index (χ1n) is 19.2. The number of nitrogens with two attached hydrogens (primary N) is 2. The number of methoxy groups -OCH3 is 2. The van der Waals surface area contributed by atoms with Crippen molar-refractivity contribution in [2.24, 2.45) is 16.5 Å². The van der Waals surface area contributed by atoms with Crippen molar-refractivity contribution in [3.63, 3.8) is 0 Å². The van der Waals surface area contributed by atoms with Crippen molar-refractivity contribution in [1.82, 2.24) is 31.6 Å². The number of aromatic hydroxyl groups is 1. The standard InChI is InChI=1S/C41H49N9O11/c1-60-30-16-22(17-31(61-2)36(30)54)34-35-24(23-11-6-7-12-25(23)47-35)18-27(48-34)38(56)49-26(13-8-14-44-41(42)43)37(55)45-20-32(51)46-28(19-33(52)53)39(57)50-29(40(58)59)15-21-9-4-3-5-10-21/h3-7,9-12,16-17,26-29,34,47-48,54H,8,13-15,18-20H2,1-2H3,(H,45,55)(H,46,51)(H,49,56)(H,50,57)(H,52,53)(H,58,59)(H4,42,43,44)/t26-,27?,28-,29-,34?/m0/s1. The molecular weight excluding hydrogens is 795 g/mol. The number of phenols is 1. The first-order valence-corrected chi connectivity index (χ1v) is 19.2. The fourth-order valence-electron chi connectivity index (χ4n) is 7.03. The van der Waals surface area contributed by atoms with Gasteiger partial charge in [0.1, 0.15) is 18.1 Å². The van der Waals surface area contributed by atoms with Crippen LogP contribution in [-0.4, -0.2) is 113 Å². The van der Waals surface area contributed by atoms with E-state index in [-0.39, 0.29) is 55.4 Å². The third-order valence-corrected chi connectivity index (χ3v) is 9.99. The number of aliphatic carboxylic acids is 2. The number of carbonyl (C=O) groups excluding carboxylic acids is 4. The Hall–Kier alpha value is -7.35. The Bertz CT molecular complexity index is 2250. The molecule has 20 nitrogen and oxygen atoms in total. The highest BCUT2D eigenvalue weighted by Crippen LogP contribution is 2.42. The molecule has 1 aliphatic heterocycles. The molecule has 1 aromatic heterocycles. The van der Waals surface area contributed by atoms with E-state index in [0.717, 1.165) is 22.2 Å². The van der Waals surface area contributed by atoms with E-state index >= 15 is 0 Å². The molecule has 0 spiro atoms. The zero-order valence-corrected chi connectivity index (χ0v) is 33.4. The molecular formula is C41H49N9O11. The molecule has 5 rings (SSSR count). The van der Waals surface area contributed by atoms with E-state index in [0.29, 0.717) is 11.1 Å². The number of H-pyrrole nitrogens is 1. The zero-order chi connectivity index (χ0) is 44.2. The lowest BCUT2D eigenvalue weighted by atomic mass is 9.89. The number of aliphatic imine (C=N–C) groups is 1. The number of ether oxygens (including phenoxy) is 2. The van der Waals surface area contributed by atoms with E-state index in [9.17, 15) is 44.1 Å². The molecule has 1 aliphatic rings. The molecule has 4 aromatic rings. The number of amides is 4. The molecule has 61 heavy (non-hydrogen) atoms. The Balaban J connectivity index is 1.31. The van der Waals surface area contributed by atoms with Crippen LogP contribution in [0.2, 0.25) is 0 Å². The highest BCUT2D eigenvalue weighted by molar-refractivity contribution is 5.96. The lowest BCUT2D eigenvalue weighted by Crippen LogP contribution is -2.57. The minimum atomic E-state index is -1.69. The van der Waals surface area contributed by atoms with Crippen LogP contribution in [0.3, 0.4) is 0 Å². The third-order valence-electron chi connectivity index (χ3n) is 9.99. The van der Waals surface area contributed by atoms with Gasteiger partial charge in [-0.3, -0.25) is 34.3 Å². The van der Waals surface area contributed by atoms with E-state index in [1.807, 2.05) is 24.3 Å². The number of hydrogen-bond donors (Lipinski definition) is 11. The maximum absolute atomic E-state index is 14.2. The van der Waals surface area contributed by atoms with Crippen LogP contribution in [0.25, 0.3) is 10.9 Å². The number of aromatic nitrogens is 1. The summed E-state index contributed by atoms with van der Waals surface area (Å²) in [4.78, 5) is 85.0. The minimum Gasteiger partial charge on any atom is -0.502 e. The Morgan fingerprint density at radius 3 is 2.18 bits per heavy atom. The third kappa shape index (κ3) is 11.7. The molecule has 0 saturated carbocycles. The smallest absolute Gasteiger partial charge is 0.326 e. The molecule has 2 unspecified atom stereocenters. The summed E-state index contributed by atoms with van der Waals surface area (Å²) >= 11 is 0. The van der Waals surface area contributed by atoms with Crippen molar-refractivity contribution in [1.29, 1.82) is 0 Å². The second-order valence-corrected chi connectivity index (χ2v) is 14.2. The molecule has 2 heterocycles. The predicted octanol–water partition coefficient (Wildman–Crippen LogP) is -0.0794. The van der Waals surface area contributed by atoms with Gasteiger partial charge in [-0.15, -0.1) is 0 Å². The summed E-state index contributed by atoms with van der Waals surface area (Å²) in [6.45, 7) is -0.620. The minimum absolute atomic E-state index is 0.0266. The second kappa shape index (κ2) is 20.6. The number of carboxylic acid groups (broad SMARTS) is 2. The van der Waals surface area contributed by atoms with Crippen LogP contribution in [0.5, 0.6) is 17.2 Å². The van der Waals surface area contributed by atoms with Crippen LogP contribution < -0.4 is 47.5 Å². The van der Waals surface area contributed by atoms with Gasteiger partial charge in [0.2, 0.25) is 29.4 Å². The number of nitrogens with zero attached hydrogens (tertiary/aromatic N) is 1. The SMILES string of the molecule is COc1cc(C2NC(C(=O)N[C@@H](CCCN=C(N)N)C(=O)NCC(=O)N[C@@H](CC(=O)O)C(=O)N[C@@H](Cc3ccccc3)C(=O)O)Cc3c2[nH]c2ccccc32)cc(OC)c1O. The van der Waals surface area contributed by atoms with Gasteiger partial charge in [-0.2, -0.15) is 0 Å². The molecule has 5 atom stereocenters. The average molecular weight is 844 g/mol. The van der Waals surface area contributed by atoms with Crippen LogP contribution in [0.1, 0.15) is 47.7 Å². The first kappa shape index (κ1) is 44.7. The molecule has 13 N–H and O–H groups in total. The largest absolute Gasteiger partial charge is 0.502 e. The van der Waals surface area contributed by atoms with Crippen LogP contribution in [0, 0.1) is 0 Å². The first-order chi connectivity index (χ1) is 29.2. The summed E-state index contributed by atoms with van der Waals surface area (Å²) < 4.78 is 10.8. The number of aromatic amines is 1. The van der Waals surface area contributed by atoms with Crippen molar-refractivity contribution in [2.45, 2.75) is 62.3 Å². The van der Waals surface area contributed by atoms with Crippen molar-refractivity contribution < 1.29 is 53.6 Å². The molecule has 0 radical (unpaired) electrons. The number of rotatable bonds is 20. The van der Waals surface area contributed by atoms with Crippen LogP contribution >= 0.6 is 0 Å². The van der Waals surface area contributed by atoms with E-state index in [1.165, 1.54) is 14.2 Å². The average Bonchev–Trinajstić information content (AvgIpc) is 3.62. The van der Waals surface area contributed by atoms with Crippen molar-refractivity contribution in [2.75, 3.05) is 27.3 Å². The summed E-state index contributed by atoms with van der Waals surface area (Å²) in [6, 6.07) is 13.3. The predicted molar refractivity (Wildman–Crippen MR) is 221 cm³/mol. The van der Waals surface area contributed by atoms with E-state index in [4.69, 9.17) is 20.9 Å². The van der Waals surface area contributed by atoms with Gasteiger partial charge >= 0.3 is 11.9 Å². The number of carbonyl (C=O) groups is 6. The number of phenolic OH excluding ortho intramolecular Hbond substituents is 1. The lowest BCUT2D eigenvalue weighted by molar-refractivity contribution is -0.143. The van der Waals surface area contributed by atoms with Gasteiger partial charge in [-0.25, -0.2) is 4.79 Å². The van der Waals surface area contributed by atoms with Gasteiger partial charge in [0, 0.05) is 29.6 Å². The summed E-state index contributed by atoms with van der Waals surface area (Å²) in [6.07, 6.45) is -0.525. The van der Waals surface area contributed by atoms with E-state index in [1.54, 1.807) is 42.5 Å². The van der Waals surface area contributed by atoms with Gasteiger partial charge in [0.15, 0.2) is 17.5 Å². The van der Waals surface area contributed by atoms with Gasteiger partial charge < -0.3 is 62.5 Å². The van der Waals surface area contributed by atoms with Crippen LogP contribution in [0.4, 0.5) is 0 Å². The number of benzene rings is 3.